The molecule has 3 rings (SSSR count). The van der Waals surface area contributed by atoms with Crippen LogP contribution in [-0.4, -0.2) is 27.2 Å². The van der Waals surface area contributed by atoms with Crippen molar-refractivity contribution >= 4 is 29.6 Å². The van der Waals surface area contributed by atoms with Crippen molar-refractivity contribution in [1.82, 2.24) is 4.57 Å². The molecule has 2 aromatic carbocycles. The molecule has 0 aliphatic rings. The number of nitrogens with zero attached hydrogens (tertiary/aromatic N) is 1. The fourth-order valence-electron chi connectivity index (χ4n) is 2.69. The lowest BCUT2D eigenvalue weighted by Gasteiger charge is -2.01. The smallest absolute Gasteiger partial charge is 0.313 e. The van der Waals surface area contributed by atoms with Crippen molar-refractivity contribution in [3.63, 3.8) is 0 Å². The number of thioether (sulfide) groups is 1. The zero-order valence-electron chi connectivity index (χ0n) is 15.5. The number of carbonyl (C=O) groups is 2. The second-order valence-electron chi connectivity index (χ2n) is 6.45. The monoisotopic (exact) mass is 391 g/mol. The highest BCUT2D eigenvalue weighted by Gasteiger charge is 2.09. The van der Waals surface area contributed by atoms with Gasteiger partial charge in [0.05, 0.1) is 5.75 Å². The van der Waals surface area contributed by atoms with Crippen LogP contribution in [0.1, 0.15) is 27.0 Å². The molecule has 0 fully saturated rings. The van der Waals surface area contributed by atoms with E-state index in [0.29, 0.717) is 17.7 Å². The molecule has 1 aromatic heterocycles. The molecule has 0 saturated heterocycles. The zero-order valence-corrected chi connectivity index (χ0v) is 16.4. The lowest BCUT2D eigenvalue weighted by Crippen LogP contribution is -2.00. The first-order valence-corrected chi connectivity index (χ1v) is 9.88. The Hall–Kier alpha value is -3.05. The van der Waals surface area contributed by atoms with Crippen molar-refractivity contribution in [2.75, 3.05) is 5.75 Å². The maximum atomic E-state index is 12.5. The SMILES string of the molecule is Cc1ccc(C(=O)c2ccn(C/C=C/c3ccc(SCC(=O)O)cc3)c2)cc1. The third-order valence-electron chi connectivity index (χ3n) is 4.20. The summed E-state index contributed by atoms with van der Waals surface area (Å²) in [4.78, 5) is 24.1. The van der Waals surface area contributed by atoms with Gasteiger partial charge in [-0.25, -0.2) is 0 Å². The van der Waals surface area contributed by atoms with Gasteiger partial charge in [0.15, 0.2) is 5.78 Å². The van der Waals surface area contributed by atoms with Crippen LogP contribution in [0.5, 0.6) is 0 Å². The Morgan fingerprint density at radius 3 is 2.39 bits per heavy atom. The van der Waals surface area contributed by atoms with Crippen LogP contribution in [0.3, 0.4) is 0 Å². The van der Waals surface area contributed by atoms with Crippen molar-refractivity contribution in [3.05, 3.63) is 95.3 Å². The second kappa shape index (κ2) is 9.24. The molecule has 0 aliphatic heterocycles. The first-order valence-electron chi connectivity index (χ1n) is 8.89. The minimum absolute atomic E-state index is 0.0252. The predicted molar refractivity (Wildman–Crippen MR) is 113 cm³/mol. The summed E-state index contributed by atoms with van der Waals surface area (Å²) in [5, 5.41) is 8.71. The number of allylic oxidation sites excluding steroid dienone is 1. The van der Waals surface area contributed by atoms with Crippen molar-refractivity contribution < 1.29 is 14.7 Å². The highest BCUT2D eigenvalue weighted by atomic mass is 32.2. The Bertz CT molecular complexity index is 985. The van der Waals surface area contributed by atoms with Crippen LogP contribution < -0.4 is 0 Å². The highest BCUT2D eigenvalue weighted by molar-refractivity contribution is 8.00. The highest BCUT2D eigenvalue weighted by Crippen LogP contribution is 2.18. The quantitative estimate of drug-likeness (QED) is 0.437. The summed E-state index contributed by atoms with van der Waals surface area (Å²) in [6.07, 6.45) is 7.79. The molecule has 4 nitrogen and oxygen atoms in total. The Kier molecular flexibility index (Phi) is 6.50. The third-order valence-corrected chi connectivity index (χ3v) is 5.19. The van der Waals surface area contributed by atoms with E-state index in [1.54, 1.807) is 0 Å². The summed E-state index contributed by atoms with van der Waals surface area (Å²) >= 11 is 1.30. The minimum atomic E-state index is -0.819. The summed E-state index contributed by atoms with van der Waals surface area (Å²) in [5.74, 6) is -0.731. The van der Waals surface area contributed by atoms with E-state index in [2.05, 4.69) is 0 Å². The Labute approximate surface area is 168 Å². The number of aromatic nitrogens is 1. The molecule has 0 radical (unpaired) electrons. The normalized spacial score (nSPS) is 11.0. The van der Waals surface area contributed by atoms with E-state index in [1.165, 1.54) is 11.8 Å². The molecular weight excluding hydrogens is 370 g/mol. The van der Waals surface area contributed by atoms with E-state index in [9.17, 15) is 9.59 Å². The lowest BCUT2D eigenvalue weighted by molar-refractivity contribution is -0.133. The van der Waals surface area contributed by atoms with Gasteiger partial charge in [-0.2, -0.15) is 0 Å². The maximum Gasteiger partial charge on any atom is 0.313 e. The van der Waals surface area contributed by atoms with Crippen molar-refractivity contribution in [3.8, 4) is 0 Å². The van der Waals surface area contributed by atoms with Gasteiger partial charge >= 0.3 is 5.97 Å². The number of rotatable bonds is 8. The van der Waals surface area contributed by atoms with Crippen LogP contribution >= 0.6 is 11.8 Å². The molecule has 0 spiro atoms. The van der Waals surface area contributed by atoms with Crippen molar-refractivity contribution in [2.24, 2.45) is 0 Å². The molecule has 0 unspecified atom stereocenters. The van der Waals surface area contributed by atoms with E-state index < -0.39 is 5.97 Å². The summed E-state index contributed by atoms with van der Waals surface area (Å²) in [7, 11) is 0. The van der Waals surface area contributed by atoms with Crippen LogP contribution in [-0.2, 0) is 11.3 Å². The van der Waals surface area contributed by atoms with E-state index in [1.807, 2.05) is 90.6 Å². The lowest BCUT2D eigenvalue weighted by atomic mass is 10.0. The number of carbonyl (C=O) groups excluding carboxylic acids is 1. The van der Waals surface area contributed by atoms with Crippen molar-refractivity contribution in [1.29, 1.82) is 0 Å². The molecule has 0 saturated carbocycles. The van der Waals surface area contributed by atoms with Gasteiger partial charge < -0.3 is 9.67 Å². The molecule has 0 aliphatic carbocycles. The van der Waals surface area contributed by atoms with E-state index in [0.717, 1.165) is 16.0 Å². The summed E-state index contributed by atoms with van der Waals surface area (Å²) in [6, 6.07) is 17.2. The number of carboxylic acids is 1. The number of ketones is 1. The Morgan fingerprint density at radius 2 is 1.71 bits per heavy atom. The van der Waals surface area contributed by atoms with Crippen LogP contribution in [0.2, 0.25) is 0 Å². The topological polar surface area (TPSA) is 59.3 Å². The minimum Gasteiger partial charge on any atom is -0.481 e. The number of aliphatic carboxylic acids is 1. The first kappa shape index (κ1) is 19.7. The molecule has 142 valence electrons. The van der Waals surface area contributed by atoms with E-state index in [-0.39, 0.29) is 11.5 Å². The molecule has 0 amide bonds. The standard InChI is InChI=1S/C23H21NO3S/c1-17-4-8-19(9-5-17)23(27)20-12-14-24(15-20)13-2-3-18-6-10-21(11-7-18)28-16-22(25)26/h2-12,14-15H,13,16H2,1H3,(H,25,26)/b3-2+. The Morgan fingerprint density at radius 1 is 1.00 bits per heavy atom. The number of hydrogen-bond acceptors (Lipinski definition) is 3. The molecule has 1 heterocycles. The van der Waals surface area contributed by atoms with Gasteiger partial charge in [-0.1, -0.05) is 54.1 Å². The molecule has 0 bridgehead atoms. The van der Waals surface area contributed by atoms with Gasteiger partial charge in [-0.3, -0.25) is 9.59 Å². The van der Waals surface area contributed by atoms with Gasteiger partial charge in [0, 0.05) is 35.0 Å². The van der Waals surface area contributed by atoms with Gasteiger partial charge in [0.2, 0.25) is 0 Å². The van der Waals surface area contributed by atoms with Gasteiger partial charge in [0.1, 0.15) is 0 Å². The summed E-state index contributed by atoms with van der Waals surface area (Å²) in [5.41, 5.74) is 3.55. The average Bonchev–Trinajstić information content (AvgIpc) is 3.16. The number of hydrogen-bond donors (Lipinski definition) is 1. The predicted octanol–water partition coefficient (Wildman–Crippen LogP) is 4.92. The molecule has 0 atom stereocenters. The maximum absolute atomic E-state index is 12.5. The fourth-order valence-corrected chi connectivity index (χ4v) is 3.31. The van der Waals surface area contributed by atoms with Crippen LogP contribution in [0, 0.1) is 6.92 Å². The van der Waals surface area contributed by atoms with Crippen LogP contribution in [0.15, 0.2) is 78.0 Å². The summed E-state index contributed by atoms with van der Waals surface area (Å²) < 4.78 is 1.97. The Balaban J connectivity index is 1.57. The molecule has 1 N–H and O–H groups in total. The molecule has 3 aromatic rings. The zero-order chi connectivity index (χ0) is 19.9. The van der Waals surface area contributed by atoms with Crippen LogP contribution in [0.25, 0.3) is 6.08 Å². The van der Waals surface area contributed by atoms with Crippen molar-refractivity contribution in [2.45, 2.75) is 18.4 Å². The van der Waals surface area contributed by atoms with E-state index in [4.69, 9.17) is 5.11 Å². The largest absolute Gasteiger partial charge is 0.481 e. The van der Waals surface area contributed by atoms with Gasteiger partial charge in [-0.05, 0) is 30.7 Å². The first-order chi connectivity index (χ1) is 13.5. The van der Waals surface area contributed by atoms with E-state index >= 15 is 0 Å². The fraction of sp³-hybridized carbons (Fsp3) is 0.130. The average molecular weight is 391 g/mol. The van der Waals surface area contributed by atoms with Gasteiger partial charge in [-0.15, -0.1) is 11.8 Å². The molecule has 28 heavy (non-hydrogen) atoms. The molecule has 5 heteroatoms. The molecular formula is C23H21NO3S. The van der Waals surface area contributed by atoms with Crippen LogP contribution in [0.4, 0.5) is 0 Å². The number of aryl methyl sites for hydroxylation is 1. The van der Waals surface area contributed by atoms with Gasteiger partial charge in [0.25, 0.3) is 0 Å². The number of carboxylic acid groups (broad SMARTS) is 1. The second-order valence-corrected chi connectivity index (χ2v) is 7.49. The summed E-state index contributed by atoms with van der Waals surface area (Å²) in [6.45, 7) is 2.66. The third kappa shape index (κ3) is 5.47. The number of benzene rings is 2.